The third-order valence-electron chi connectivity index (χ3n) is 4.35. The van der Waals surface area contributed by atoms with Crippen molar-refractivity contribution in [1.82, 2.24) is 5.32 Å². The van der Waals surface area contributed by atoms with Crippen molar-refractivity contribution in [2.45, 2.75) is 24.8 Å². The van der Waals surface area contributed by atoms with E-state index < -0.39 is 10.0 Å². The minimum absolute atomic E-state index is 0.157. The van der Waals surface area contributed by atoms with E-state index in [0.29, 0.717) is 6.54 Å². The second-order valence-corrected chi connectivity index (χ2v) is 8.00. The van der Waals surface area contributed by atoms with Crippen LogP contribution in [0.25, 0.3) is 0 Å². The molecule has 2 N–H and O–H groups in total. The van der Waals surface area contributed by atoms with Gasteiger partial charge in [0.2, 0.25) is 0 Å². The number of carbonyl (C=O) groups excluding carboxylic acids is 1. The van der Waals surface area contributed by atoms with Crippen molar-refractivity contribution >= 4 is 21.6 Å². The average Bonchev–Trinajstić information content (AvgIpc) is 2.73. The van der Waals surface area contributed by atoms with Gasteiger partial charge in [0.1, 0.15) is 0 Å². The number of anilines is 1. The van der Waals surface area contributed by atoms with Crippen LogP contribution in [-0.2, 0) is 23.0 Å². The van der Waals surface area contributed by atoms with Crippen LogP contribution in [0, 0.1) is 0 Å². The minimum atomic E-state index is -3.79. The Kier molecular flexibility index (Phi) is 6.11. The lowest BCUT2D eigenvalue weighted by Crippen LogP contribution is -2.25. The highest BCUT2D eigenvalue weighted by molar-refractivity contribution is 7.92. The highest BCUT2D eigenvalue weighted by Crippen LogP contribution is 2.21. The molecule has 0 aromatic heterocycles. The number of sulfonamides is 1. The van der Waals surface area contributed by atoms with Gasteiger partial charge in [-0.15, -0.1) is 0 Å². The Balaban J connectivity index is 1.78. The molecule has 3 rings (SSSR count). The molecule has 0 bridgehead atoms. The number of hydrogen-bond donors (Lipinski definition) is 2. The number of nitrogens with one attached hydrogen (secondary N) is 2. The number of hydrogen-bond acceptors (Lipinski definition) is 3. The highest BCUT2D eigenvalue weighted by Gasteiger charge is 2.18. The standard InChI is InChI=1S/C22H22N2O3S/c1-2-17-12-14-19(15-13-17)28(26,27)24-21-11-7-6-10-20(21)22(25)23-16-18-8-4-3-5-9-18/h3-15,24H,2,16H2,1H3,(H,23,25). The first-order valence-corrected chi connectivity index (χ1v) is 10.5. The van der Waals surface area contributed by atoms with E-state index in [0.717, 1.165) is 17.5 Å². The summed E-state index contributed by atoms with van der Waals surface area (Å²) in [7, 11) is -3.79. The molecule has 0 heterocycles. The second-order valence-electron chi connectivity index (χ2n) is 6.32. The Hall–Kier alpha value is -3.12. The molecule has 28 heavy (non-hydrogen) atoms. The Morgan fingerprint density at radius 1 is 0.821 bits per heavy atom. The number of carbonyl (C=O) groups is 1. The van der Waals surface area contributed by atoms with E-state index in [1.54, 1.807) is 48.5 Å². The summed E-state index contributed by atoms with van der Waals surface area (Å²) < 4.78 is 28.0. The van der Waals surface area contributed by atoms with Crippen molar-refractivity contribution in [2.75, 3.05) is 4.72 Å². The fourth-order valence-electron chi connectivity index (χ4n) is 2.75. The first-order chi connectivity index (χ1) is 13.5. The average molecular weight is 394 g/mol. The smallest absolute Gasteiger partial charge is 0.261 e. The van der Waals surface area contributed by atoms with Gasteiger partial charge in [-0.05, 0) is 41.8 Å². The maximum atomic E-state index is 12.7. The third kappa shape index (κ3) is 4.78. The van der Waals surface area contributed by atoms with Crippen molar-refractivity contribution in [3.05, 3.63) is 95.6 Å². The zero-order chi connectivity index (χ0) is 20.0. The van der Waals surface area contributed by atoms with E-state index in [-0.39, 0.29) is 22.1 Å². The van der Waals surface area contributed by atoms with Crippen LogP contribution in [-0.4, -0.2) is 14.3 Å². The van der Waals surface area contributed by atoms with Gasteiger partial charge < -0.3 is 5.32 Å². The Morgan fingerprint density at radius 2 is 1.46 bits per heavy atom. The van der Waals surface area contributed by atoms with Crippen molar-refractivity contribution in [3.8, 4) is 0 Å². The van der Waals surface area contributed by atoms with Crippen LogP contribution in [0.5, 0.6) is 0 Å². The lowest BCUT2D eigenvalue weighted by Gasteiger charge is -2.13. The van der Waals surface area contributed by atoms with E-state index in [1.807, 2.05) is 37.3 Å². The molecule has 3 aromatic carbocycles. The summed E-state index contributed by atoms with van der Waals surface area (Å²) in [4.78, 5) is 12.8. The molecule has 0 aliphatic heterocycles. The third-order valence-corrected chi connectivity index (χ3v) is 5.74. The summed E-state index contributed by atoms with van der Waals surface area (Å²) in [6.07, 6.45) is 0.832. The molecular formula is C22H22N2O3S. The van der Waals surface area contributed by atoms with Crippen molar-refractivity contribution < 1.29 is 13.2 Å². The number of rotatable bonds is 7. The molecule has 0 radical (unpaired) electrons. The SMILES string of the molecule is CCc1ccc(S(=O)(=O)Nc2ccccc2C(=O)NCc2ccccc2)cc1. The molecule has 144 valence electrons. The quantitative estimate of drug-likeness (QED) is 0.636. The van der Waals surface area contributed by atoms with Crippen LogP contribution in [0.1, 0.15) is 28.4 Å². The topological polar surface area (TPSA) is 75.3 Å². The number of para-hydroxylation sites is 1. The fourth-order valence-corrected chi connectivity index (χ4v) is 3.83. The Morgan fingerprint density at radius 3 is 2.14 bits per heavy atom. The summed E-state index contributed by atoms with van der Waals surface area (Å²) in [6, 6.07) is 22.8. The molecule has 0 spiro atoms. The van der Waals surface area contributed by atoms with Gasteiger partial charge in [-0.1, -0.05) is 61.5 Å². The Bertz CT molecular complexity index is 1050. The summed E-state index contributed by atoms with van der Waals surface area (Å²) in [5.41, 5.74) is 2.53. The molecular weight excluding hydrogens is 372 g/mol. The molecule has 1 amide bonds. The number of aryl methyl sites for hydroxylation is 1. The Labute approximate surface area is 165 Å². The van der Waals surface area contributed by atoms with E-state index in [9.17, 15) is 13.2 Å². The maximum Gasteiger partial charge on any atom is 0.261 e. The maximum absolute atomic E-state index is 12.7. The van der Waals surface area contributed by atoms with E-state index >= 15 is 0 Å². The van der Waals surface area contributed by atoms with E-state index in [2.05, 4.69) is 10.0 Å². The van der Waals surface area contributed by atoms with Gasteiger partial charge in [-0.2, -0.15) is 0 Å². The summed E-state index contributed by atoms with van der Waals surface area (Å²) in [5, 5.41) is 2.82. The molecule has 3 aromatic rings. The zero-order valence-corrected chi connectivity index (χ0v) is 16.4. The minimum Gasteiger partial charge on any atom is -0.348 e. The number of benzene rings is 3. The van der Waals surface area contributed by atoms with Crippen LogP contribution in [0.2, 0.25) is 0 Å². The normalized spacial score (nSPS) is 11.0. The van der Waals surface area contributed by atoms with E-state index in [4.69, 9.17) is 0 Å². The van der Waals surface area contributed by atoms with Gasteiger partial charge in [0.25, 0.3) is 15.9 Å². The lowest BCUT2D eigenvalue weighted by atomic mass is 10.1. The first kappa shape index (κ1) is 19.6. The van der Waals surface area contributed by atoms with Crippen LogP contribution in [0.3, 0.4) is 0 Å². The molecule has 0 aliphatic rings. The molecule has 0 atom stereocenters. The van der Waals surface area contributed by atoms with Crippen LogP contribution in [0.4, 0.5) is 5.69 Å². The predicted octanol–water partition coefficient (Wildman–Crippen LogP) is 3.98. The monoisotopic (exact) mass is 394 g/mol. The molecule has 0 saturated carbocycles. The predicted molar refractivity (Wildman–Crippen MR) is 111 cm³/mol. The van der Waals surface area contributed by atoms with Crippen LogP contribution in [0.15, 0.2) is 83.8 Å². The van der Waals surface area contributed by atoms with Crippen molar-refractivity contribution in [3.63, 3.8) is 0 Å². The summed E-state index contributed by atoms with van der Waals surface area (Å²) in [6.45, 7) is 2.37. The van der Waals surface area contributed by atoms with Gasteiger partial charge in [-0.3, -0.25) is 9.52 Å². The van der Waals surface area contributed by atoms with Crippen molar-refractivity contribution in [2.24, 2.45) is 0 Å². The molecule has 0 aliphatic carbocycles. The molecule has 0 saturated heterocycles. The van der Waals surface area contributed by atoms with Crippen LogP contribution < -0.4 is 10.0 Å². The molecule has 0 fully saturated rings. The second kappa shape index (κ2) is 8.71. The molecule has 5 nitrogen and oxygen atoms in total. The number of amides is 1. The zero-order valence-electron chi connectivity index (χ0n) is 15.6. The van der Waals surface area contributed by atoms with Gasteiger partial charge in [0.05, 0.1) is 16.1 Å². The highest BCUT2D eigenvalue weighted by atomic mass is 32.2. The summed E-state index contributed by atoms with van der Waals surface area (Å²) >= 11 is 0. The van der Waals surface area contributed by atoms with E-state index in [1.165, 1.54) is 0 Å². The molecule has 6 heteroatoms. The first-order valence-electron chi connectivity index (χ1n) is 9.02. The van der Waals surface area contributed by atoms with Gasteiger partial charge in [-0.25, -0.2) is 8.42 Å². The lowest BCUT2D eigenvalue weighted by molar-refractivity contribution is 0.0952. The van der Waals surface area contributed by atoms with Gasteiger partial charge in [0, 0.05) is 6.54 Å². The summed E-state index contributed by atoms with van der Waals surface area (Å²) in [5.74, 6) is -0.344. The van der Waals surface area contributed by atoms with Gasteiger partial charge >= 0.3 is 0 Å². The van der Waals surface area contributed by atoms with Crippen LogP contribution >= 0.6 is 0 Å². The largest absolute Gasteiger partial charge is 0.348 e. The molecule has 0 unspecified atom stereocenters. The fraction of sp³-hybridized carbons (Fsp3) is 0.136. The van der Waals surface area contributed by atoms with Crippen molar-refractivity contribution in [1.29, 1.82) is 0 Å². The van der Waals surface area contributed by atoms with Gasteiger partial charge in [0.15, 0.2) is 0 Å².